The molecular weight excluding hydrogens is 537 g/mol. The highest BCUT2D eigenvalue weighted by Gasteiger charge is 2.34. The lowest BCUT2D eigenvalue weighted by molar-refractivity contribution is 0.0651. The van der Waals surface area contributed by atoms with Crippen LogP contribution in [0.25, 0.3) is 0 Å². The molecule has 2 aliphatic rings. The minimum absolute atomic E-state index is 0. The Balaban J connectivity index is 0.00000385. The SMILES string of the molecule is CCNC(=NCCCCN1C(=O)c2ccccc2C1=O)NC1CCN(C(=O)OCC)CC1.I. The highest BCUT2D eigenvalue weighted by Crippen LogP contribution is 2.22. The van der Waals surface area contributed by atoms with Crippen molar-refractivity contribution in [2.45, 2.75) is 45.6 Å². The normalized spacial score (nSPS) is 16.4. The summed E-state index contributed by atoms with van der Waals surface area (Å²) in [6.07, 6.45) is 2.90. The number of carbonyl (C=O) groups is 3. The number of ether oxygens (including phenoxy) is 1. The number of hydrogen-bond donors (Lipinski definition) is 2. The zero-order valence-corrected chi connectivity index (χ0v) is 21.7. The Kier molecular flexibility index (Phi) is 10.9. The molecule has 2 heterocycles. The number of piperidine rings is 1. The molecule has 2 aliphatic heterocycles. The molecule has 0 aliphatic carbocycles. The van der Waals surface area contributed by atoms with E-state index in [2.05, 4.69) is 15.6 Å². The molecule has 0 bridgehead atoms. The minimum Gasteiger partial charge on any atom is -0.450 e. The number of rotatable bonds is 8. The highest BCUT2D eigenvalue weighted by atomic mass is 127. The van der Waals surface area contributed by atoms with Crippen LogP contribution in [0.2, 0.25) is 0 Å². The lowest BCUT2D eigenvalue weighted by Crippen LogP contribution is -2.49. The molecule has 2 N–H and O–H groups in total. The van der Waals surface area contributed by atoms with E-state index in [1.807, 2.05) is 13.8 Å². The molecule has 0 spiro atoms. The Morgan fingerprint density at radius 3 is 2.30 bits per heavy atom. The summed E-state index contributed by atoms with van der Waals surface area (Å²) in [5, 5.41) is 6.71. The van der Waals surface area contributed by atoms with Gasteiger partial charge in [0.15, 0.2) is 5.96 Å². The number of unbranched alkanes of at least 4 members (excludes halogenated alkanes) is 1. The molecule has 0 unspecified atom stereocenters. The third-order valence-electron chi connectivity index (χ3n) is 5.64. The maximum Gasteiger partial charge on any atom is 0.409 e. The van der Waals surface area contributed by atoms with E-state index in [9.17, 15) is 14.4 Å². The Labute approximate surface area is 212 Å². The number of carbonyl (C=O) groups excluding carboxylic acids is 3. The van der Waals surface area contributed by atoms with Crippen LogP contribution in [0.15, 0.2) is 29.3 Å². The van der Waals surface area contributed by atoms with Crippen LogP contribution >= 0.6 is 24.0 Å². The number of nitrogens with zero attached hydrogens (tertiary/aromatic N) is 3. The number of halogens is 1. The molecule has 1 aromatic rings. The molecule has 0 atom stereocenters. The second-order valence-electron chi connectivity index (χ2n) is 7.88. The maximum absolute atomic E-state index is 12.4. The fourth-order valence-electron chi connectivity index (χ4n) is 3.95. The van der Waals surface area contributed by atoms with E-state index in [-0.39, 0.29) is 47.9 Å². The van der Waals surface area contributed by atoms with Gasteiger partial charge >= 0.3 is 6.09 Å². The van der Waals surface area contributed by atoms with E-state index >= 15 is 0 Å². The molecule has 3 rings (SSSR count). The van der Waals surface area contributed by atoms with Crippen LogP contribution in [-0.2, 0) is 4.74 Å². The molecule has 1 saturated heterocycles. The summed E-state index contributed by atoms with van der Waals surface area (Å²) in [7, 11) is 0. The first-order valence-corrected chi connectivity index (χ1v) is 11.5. The summed E-state index contributed by atoms with van der Waals surface area (Å²) < 4.78 is 5.07. The number of nitrogens with one attached hydrogen (secondary N) is 2. The monoisotopic (exact) mass is 571 g/mol. The fourth-order valence-corrected chi connectivity index (χ4v) is 3.95. The van der Waals surface area contributed by atoms with Crippen molar-refractivity contribution < 1.29 is 19.1 Å². The quantitative estimate of drug-likeness (QED) is 0.164. The Bertz CT molecular complexity index is 820. The van der Waals surface area contributed by atoms with Gasteiger partial charge in [0, 0.05) is 38.8 Å². The van der Waals surface area contributed by atoms with Crippen molar-refractivity contribution in [3.63, 3.8) is 0 Å². The summed E-state index contributed by atoms with van der Waals surface area (Å²) in [5.41, 5.74) is 0.978. The number of benzene rings is 1. The summed E-state index contributed by atoms with van der Waals surface area (Å²) in [6, 6.07) is 7.20. The van der Waals surface area contributed by atoms with Gasteiger partial charge in [0.1, 0.15) is 0 Å². The average molecular weight is 571 g/mol. The molecule has 10 heteroatoms. The molecule has 33 heavy (non-hydrogen) atoms. The van der Waals surface area contributed by atoms with Gasteiger partial charge in [-0.25, -0.2) is 4.79 Å². The minimum atomic E-state index is -0.246. The second-order valence-corrected chi connectivity index (χ2v) is 7.88. The van der Waals surface area contributed by atoms with E-state index in [0.717, 1.165) is 31.8 Å². The molecule has 0 saturated carbocycles. The first-order chi connectivity index (χ1) is 15.5. The number of likely N-dealkylation sites (tertiary alicyclic amines) is 1. The van der Waals surface area contributed by atoms with Crippen molar-refractivity contribution in [2.75, 3.05) is 39.3 Å². The molecule has 0 aromatic heterocycles. The maximum atomic E-state index is 12.4. The van der Waals surface area contributed by atoms with E-state index in [1.54, 1.807) is 29.2 Å². The molecular formula is C23H34IN5O4. The average Bonchev–Trinajstić information content (AvgIpc) is 3.04. The van der Waals surface area contributed by atoms with Crippen molar-refractivity contribution in [2.24, 2.45) is 4.99 Å². The number of guanidine groups is 1. The molecule has 182 valence electrons. The predicted octanol–water partition coefficient (Wildman–Crippen LogP) is 2.86. The number of imide groups is 1. The summed E-state index contributed by atoms with van der Waals surface area (Å²) in [4.78, 5) is 44.4. The third kappa shape index (κ3) is 7.05. The van der Waals surface area contributed by atoms with Gasteiger partial charge in [0.25, 0.3) is 11.8 Å². The van der Waals surface area contributed by atoms with Gasteiger partial charge < -0.3 is 20.3 Å². The summed E-state index contributed by atoms with van der Waals surface area (Å²) in [5.74, 6) is 0.333. The first-order valence-electron chi connectivity index (χ1n) is 11.5. The van der Waals surface area contributed by atoms with Gasteiger partial charge in [0.2, 0.25) is 0 Å². The first kappa shape index (κ1) is 26.9. The Morgan fingerprint density at radius 1 is 1.09 bits per heavy atom. The third-order valence-corrected chi connectivity index (χ3v) is 5.64. The van der Waals surface area contributed by atoms with Crippen molar-refractivity contribution >= 4 is 47.8 Å². The Hall–Kier alpha value is -2.37. The molecule has 9 nitrogen and oxygen atoms in total. The summed E-state index contributed by atoms with van der Waals surface area (Å²) >= 11 is 0. The van der Waals surface area contributed by atoms with Crippen LogP contribution in [-0.4, -0.2) is 79.0 Å². The van der Waals surface area contributed by atoms with Gasteiger partial charge in [-0.3, -0.25) is 19.5 Å². The topological polar surface area (TPSA) is 103 Å². The van der Waals surface area contributed by atoms with Crippen LogP contribution in [0.4, 0.5) is 4.79 Å². The zero-order valence-electron chi connectivity index (χ0n) is 19.3. The van der Waals surface area contributed by atoms with Gasteiger partial charge in [-0.05, 0) is 51.7 Å². The molecule has 1 aromatic carbocycles. The summed E-state index contributed by atoms with van der Waals surface area (Å²) in [6.45, 7) is 7.29. The van der Waals surface area contributed by atoms with Crippen LogP contribution in [0.5, 0.6) is 0 Å². The van der Waals surface area contributed by atoms with Crippen LogP contribution in [0.3, 0.4) is 0 Å². The lowest BCUT2D eigenvalue weighted by Gasteiger charge is -2.32. The van der Waals surface area contributed by atoms with E-state index < -0.39 is 0 Å². The number of amides is 3. The van der Waals surface area contributed by atoms with E-state index in [4.69, 9.17) is 4.74 Å². The van der Waals surface area contributed by atoms with Crippen molar-refractivity contribution in [3.8, 4) is 0 Å². The van der Waals surface area contributed by atoms with Crippen LogP contribution in [0.1, 0.15) is 60.2 Å². The fraction of sp³-hybridized carbons (Fsp3) is 0.565. The van der Waals surface area contributed by atoms with Crippen LogP contribution < -0.4 is 10.6 Å². The lowest BCUT2D eigenvalue weighted by atomic mass is 10.1. The molecule has 1 fully saturated rings. The highest BCUT2D eigenvalue weighted by molar-refractivity contribution is 14.0. The largest absolute Gasteiger partial charge is 0.450 e. The van der Waals surface area contributed by atoms with Gasteiger partial charge in [-0.15, -0.1) is 24.0 Å². The van der Waals surface area contributed by atoms with E-state index in [1.165, 1.54) is 4.90 Å². The number of aliphatic imine (C=N–C) groups is 1. The van der Waals surface area contributed by atoms with Gasteiger partial charge in [-0.2, -0.15) is 0 Å². The number of hydrogen-bond acceptors (Lipinski definition) is 5. The van der Waals surface area contributed by atoms with Crippen LogP contribution in [0, 0.1) is 0 Å². The molecule has 0 radical (unpaired) electrons. The van der Waals surface area contributed by atoms with Crippen molar-refractivity contribution in [1.82, 2.24) is 20.4 Å². The predicted molar refractivity (Wildman–Crippen MR) is 137 cm³/mol. The van der Waals surface area contributed by atoms with Crippen molar-refractivity contribution in [3.05, 3.63) is 35.4 Å². The zero-order chi connectivity index (χ0) is 22.9. The smallest absolute Gasteiger partial charge is 0.409 e. The second kappa shape index (κ2) is 13.4. The van der Waals surface area contributed by atoms with Crippen molar-refractivity contribution in [1.29, 1.82) is 0 Å². The van der Waals surface area contributed by atoms with Gasteiger partial charge in [0.05, 0.1) is 17.7 Å². The Morgan fingerprint density at radius 2 is 1.73 bits per heavy atom. The molecule has 3 amide bonds. The number of fused-ring (bicyclic) bond motifs is 1. The standard InChI is InChI=1S/C23H33N5O4.HI/c1-3-24-22(26-17-11-15-27(16-12-17)23(31)32-4-2)25-13-7-8-14-28-20(29)18-9-5-6-10-19(18)21(28)30;/h5-6,9-10,17H,3-4,7-8,11-16H2,1-2H3,(H2,24,25,26);1H. The van der Waals surface area contributed by atoms with E-state index in [0.29, 0.717) is 50.3 Å². The van der Waals surface area contributed by atoms with Gasteiger partial charge in [-0.1, -0.05) is 12.1 Å².